The number of ether oxygens (including phenoxy) is 1. The third-order valence-corrected chi connectivity index (χ3v) is 7.00. The molecule has 0 amide bonds. The number of hydrogen-bond donors (Lipinski definition) is 0. The summed E-state index contributed by atoms with van der Waals surface area (Å²) in [7, 11) is 0. The molecular formula is C29H41Cl3OS. The Kier molecular flexibility index (Phi) is 16.8. The van der Waals surface area contributed by atoms with Crippen LogP contribution in [0, 0.1) is 13.8 Å². The summed E-state index contributed by atoms with van der Waals surface area (Å²) in [4.78, 5) is 0. The van der Waals surface area contributed by atoms with Crippen molar-refractivity contribution in [3.8, 4) is 0 Å². The Bertz CT molecular complexity index is 877. The number of rotatable bonds is 8. The quantitative estimate of drug-likeness (QED) is 0.242. The molecule has 0 unspecified atom stereocenters. The fraction of sp³-hybridized carbons (Fsp3) is 0.448. The van der Waals surface area contributed by atoms with Crippen LogP contribution >= 0.6 is 46.6 Å². The van der Waals surface area contributed by atoms with E-state index in [-0.39, 0.29) is 5.41 Å². The summed E-state index contributed by atoms with van der Waals surface area (Å²) in [5.41, 5.74) is 4.48. The fourth-order valence-electron chi connectivity index (χ4n) is 2.80. The van der Waals surface area contributed by atoms with E-state index >= 15 is 0 Å². The van der Waals surface area contributed by atoms with Gasteiger partial charge in [-0.05, 0) is 74.9 Å². The van der Waals surface area contributed by atoms with Crippen LogP contribution in [0.5, 0.6) is 0 Å². The normalized spacial score (nSPS) is 11.1. The van der Waals surface area contributed by atoms with Gasteiger partial charge in [0.1, 0.15) is 5.76 Å². The summed E-state index contributed by atoms with van der Waals surface area (Å²) in [5.74, 6) is 1.80. The number of hydrogen-bond acceptors (Lipinski definition) is 2. The average molecular weight is 544 g/mol. The molecule has 0 aliphatic carbocycles. The van der Waals surface area contributed by atoms with Crippen LogP contribution < -0.4 is 0 Å². The number of benzene rings is 2. The summed E-state index contributed by atoms with van der Waals surface area (Å²) in [5, 5.41) is 2.21. The average Bonchev–Trinajstić information content (AvgIpc) is 2.82. The number of aryl methyl sites for hydroxylation is 1. The molecule has 2 aromatic carbocycles. The Morgan fingerprint density at radius 2 is 1.56 bits per heavy atom. The maximum absolute atomic E-state index is 6.25. The molecule has 5 heteroatoms. The third kappa shape index (κ3) is 11.6. The second-order valence-electron chi connectivity index (χ2n) is 8.39. The molecule has 0 aliphatic heterocycles. The highest BCUT2D eigenvalue weighted by molar-refractivity contribution is 8.02. The van der Waals surface area contributed by atoms with Gasteiger partial charge in [0.2, 0.25) is 0 Å². The third-order valence-electron chi connectivity index (χ3n) is 5.41. The molecule has 0 heterocycles. The maximum atomic E-state index is 6.25. The Labute approximate surface area is 227 Å². The standard InChI is InChI=1S/C17H18Cl2.C8H14OS.C4H9Cl/c1-11-5-7-13(8-6-11)17(3,4)14-9-15(18)12(2)16(19)10-14;1-5-8(6-2)9-7(3)10-4;1-2-3-4-5/h5-10H,1-4H3;5H,3,6H2,1-2,4H3;2-4H2,1H3/b;8-5-;. The van der Waals surface area contributed by atoms with Crippen molar-refractivity contribution < 1.29 is 4.74 Å². The van der Waals surface area contributed by atoms with Gasteiger partial charge in [-0.25, -0.2) is 0 Å². The van der Waals surface area contributed by atoms with Crippen molar-refractivity contribution in [1.29, 1.82) is 0 Å². The molecule has 0 fully saturated rings. The molecule has 0 N–H and O–H groups in total. The first-order valence-corrected chi connectivity index (χ1v) is 14.1. The maximum Gasteiger partial charge on any atom is 0.152 e. The van der Waals surface area contributed by atoms with Crippen molar-refractivity contribution in [2.45, 2.75) is 73.1 Å². The van der Waals surface area contributed by atoms with Crippen molar-refractivity contribution in [3.05, 3.63) is 92.2 Å². The van der Waals surface area contributed by atoms with E-state index in [2.05, 4.69) is 65.5 Å². The monoisotopic (exact) mass is 542 g/mol. The highest BCUT2D eigenvalue weighted by Gasteiger charge is 2.24. The minimum absolute atomic E-state index is 0.116. The summed E-state index contributed by atoms with van der Waals surface area (Å²) in [6.45, 7) is 18.3. The summed E-state index contributed by atoms with van der Waals surface area (Å²) < 4.78 is 5.33. The van der Waals surface area contributed by atoms with Gasteiger partial charge in [-0.1, -0.05) is 98.9 Å². The lowest BCUT2D eigenvalue weighted by atomic mass is 9.78. The van der Waals surface area contributed by atoms with Crippen LogP contribution in [0.15, 0.2) is 59.9 Å². The van der Waals surface area contributed by atoms with Crippen molar-refractivity contribution in [2.75, 3.05) is 12.1 Å². The van der Waals surface area contributed by atoms with E-state index in [0.717, 1.165) is 50.7 Å². The predicted octanol–water partition coefficient (Wildman–Crippen LogP) is 11.1. The van der Waals surface area contributed by atoms with Gasteiger partial charge in [0.05, 0.1) is 0 Å². The lowest BCUT2D eigenvalue weighted by molar-refractivity contribution is 0.326. The van der Waals surface area contributed by atoms with Crippen molar-refractivity contribution >= 4 is 46.6 Å². The molecule has 0 bridgehead atoms. The SMILES string of the molecule is C=C(O/C(=C\C)CC)SC.CCCCCl.Cc1ccc(C(C)(C)c2cc(Cl)c(C)c(Cl)c2)cc1. The molecule has 0 radical (unpaired) electrons. The zero-order chi connectivity index (χ0) is 26.3. The predicted molar refractivity (Wildman–Crippen MR) is 158 cm³/mol. The first-order valence-electron chi connectivity index (χ1n) is 11.6. The fourth-order valence-corrected chi connectivity index (χ4v) is 3.74. The minimum atomic E-state index is -0.116. The second kappa shape index (κ2) is 17.4. The van der Waals surface area contributed by atoms with Crippen LogP contribution in [0.2, 0.25) is 10.0 Å². The van der Waals surface area contributed by atoms with Gasteiger partial charge in [0, 0.05) is 27.8 Å². The van der Waals surface area contributed by atoms with Gasteiger partial charge < -0.3 is 4.74 Å². The van der Waals surface area contributed by atoms with Crippen LogP contribution in [0.1, 0.15) is 76.1 Å². The summed E-state index contributed by atoms with van der Waals surface area (Å²) in [6.07, 6.45) is 7.20. The summed E-state index contributed by atoms with van der Waals surface area (Å²) in [6, 6.07) is 12.6. The molecule has 2 aromatic rings. The van der Waals surface area contributed by atoms with E-state index < -0.39 is 0 Å². The highest BCUT2D eigenvalue weighted by Crippen LogP contribution is 2.36. The molecule has 0 atom stereocenters. The summed E-state index contributed by atoms with van der Waals surface area (Å²) >= 11 is 19.3. The molecule has 0 spiro atoms. The van der Waals surface area contributed by atoms with E-state index in [9.17, 15) is 0 Å². The lowest BCUT2D eigenvalue weighted by Gasteiger charge is -2.27. The van der Waals surface area contributed by atoms with Crippen LogP contribution in [0.3, 0.4) is 0 Å². The molecule has 0 saturated carbocycles. The zero-order valence-electron chi connectivity index (χ0n) is 22.0. The van der Waals surface area contributed by atoms with E-state index in [1.807, 2.05) is 38.3 Å². The molecule has 0 aliphatic rings. The van der Waals surface area contributed by atoms with Gasteiger partial charge >= 0.3 is 0 Å². The van der Waals surface area contributed by atoms with Crippen LogP contribution in [0.25, 0.3) is 0 Å². The topological polar surface area (TPSA) is 9.23 Å². The van der Waals surface area contributed by atoms with Crippen molar-refractivity contribution in [1.82, 2.24) is 0 Å². The van der Waals surface area contributed by atoms with Crippen LogP contribution in [-0.2, 0) is 10.2 Å². The number of alkyl halides is 1. The van der Waals surface area contributed by atoms with Gasteiger partial charge in [0.15, 0.2) is 5.09 Å². The van der Waals surface area contributed by atoms with Crippen LogP contribution in [-0.4, -0.2) is 12.1 Å². The highest BCUT2D eigenvalue weighted by atomic mass is 35.5. The minimum Gasteiger partial charge on any atom is -0.456 e. The number of allylic oxidation sites excluding steroid dienone is 2. The first kappa shape index (κ1) is 32.9. The molecular weight excluding hydrogens is 503 g/mol. The first-order chi connectivity index (χ1) is 16.0. The molecule has 34 heavy (non-hydrogen) atoms. The lowest BCUT2D eigenvalue weighted by Crippen LogP contribution is -2.19. The zero-order valence-corrected chi connectivity index (χ0v) is 25.1. The Morgan fingerprint density at radius 3 is 1.91 bits per heavy atom. The molecule has 1 nitrogen and oxygen atoms in total. The van der Waals surface area contributed by atoms with Gasteiger partial charge in [-0.15, -0.1) is 11.6 Å². The van der Waals surface area contributed by atoms with E-state index in [1.165, 1.54) is 29.3 Å². The van der Waals surface area contributed by atoms with Gasteiger partial charge in [-0.2, -0.15) is 0 Å². The number of unbranched alkanes of at least 4 members (excludes halogenated alkanes) is 1. The largest absolute Gasteiger partial charge is 0.456 e. The second-order valence-corrected chi connectivity index (χ2v) is 10.4. The van der Waals surface area contributed by atoms with E-state index in [0.29, 0.717) is 0 Å². The molecule has 0 aromatic heterocycles. The van der Waals surface area contributed by atoms with E-state index in [1.54, 1.807) is 0 Å². The van der Waals surface area contributed by atoms with Gasteiger partial charge in [0.25, 0.3) is 0 Å². The Balaban J connectivity index is 0.000000609. The molecule has 0 saturated heterocycles. The molecule has 190 valence electrons. The smallest absolute Gasteiger partial charge is 0.152 e. The van der Waals surface area contributed by atoms with E-state index in [4.69, 9.17) is 39.5 Å². The van der Waals surface area contributed by atoms with Crippen LogP contribution in [0.4, 0.5) is 0 Å². The number of halogens is 3. The van der Waals surface area contributed by atoms with Gasteiger partial charge in [-0.3, -0.25) is 0 Å². The van der Waals surface area contributed by atoms with Crippen molar-refractivity contribution in [2.24, 2.45) is 0 Å². The van der Waals surface area contributed by atoms with Crippen molar-refractivity contribution in [3.63, 3.8) is 0 Å². The molecule has 2 rings (SSSR count). The Hall–Kier alpha value is -1.06. The Morgan fingerprint density at radius 1 is 1.03 bits per heavy atom. The number of thioether (sulfide) groups is 1.